The van der Waals surface area contributed by atoms with E-state index < -0.39 is 22.5 Å². The van der Waals surface area contributed by atoms with Crippen molar-refractivity contribution in [2.45, 2.75) is 116 Å². The summed E-state index contributed by atoms with van der Waals surface area (Å²) in [5, 5.41) is 9.52. The Labute approximate surface area is 173 Å². The van der Waals surface area contributed by atoms with Crippen molar-refractivity contribution in [2.75, 3.05) is 6.54 Å². The maximum atomic E-state index is 11.4. The summed E-state index contributed by atoms with van der Waals surface area (Å²) in [6.45, 7) is 1.69. The molecule has 0 unspecified atom stereocenters. The van der Waals surface area contributed by atoms with Gasteiger partial charge in [0.1, 0.15) is 6.54 Å². The normalized spacial score (nSPS) is 12.0. The van der Waals surface area contributed by atoms with Crippen LogP contribution in [-0.2, 0) is 14.8 Å². The summed E-state index contributed by atoms with van der Waals surface area (Å²) in [7, 11) is -3.61. The largest absolute Gasteiger partial charge is 0.480 e. The molecule has 0 radical (unpaired) electrons. The summed E-state index contributed by atoms with van der Waals surface area (Å²) in [4.78, 5) is 10.3. The minimum atomic E-state index is -3.61. The third kappa shape index (κ3) is 21.4. The van der Waals surface area contributed by atoms with Gasteiger partial charge >= 0.3 is 5.97 Å². The van der Waals surface area contributed by atoms with E-state index in [0.29, 0.717) is 6.42 Å². The minimum Gasteiger partial charge on any atom is -0.480 e. The van der Waals surface area contributed by atoms with Crippen LogP contribution in [0.3, 0.4) is 0 Å². The summed E-state index contributed by atoms with van der Waals surface area (Å²) < 4.78 is 24.9. The van der Waals surface area contributed by atoms with Crippen molar-refractivity contribution >= 4 is 16.0 Å². The summed E-state index contributed by atoms with van der Waals surface area (Å²) in [6.07, 6.45) is 23.4. The average molecular weight is 418 g/mol. The van der Waals surface area contributed by atoms with Crippen LogP contribution in [-0.4, -0.2) is 26.0 Å². The predicted octanol–water partition coefficient (Wildman–Crippen LogP) is 6.16. The van der Waals surface area contributed by atoms with Crippen molar-refractivity contribution in [2.24, 2.45) is 0 Å². The molecule has 0 heterocycles. The number of hydrogen-bond donors (Lipinski definition) is 2. The first-order chi connectivity index (χ1) is 13.5. The van der Waals surface area contributed by atoms with E-state index in [1.807, 2.05) is 4.72 Å². The number of hydrogen-bond acceptors (Lipinski definition) is 3. The number of rotatable bonds is 21. The van der Waals surface area contributed by atoms with Gasteiger partial charge in [-0.3, -0.25) is 4.79 Å². The molecule has 28 heavy (non-hydrogen) atoms. The van der Waals surface area contributed by atoms with E-state index in [2.05, 4.69) is 6.92 Å². The van der Waals surface area contributed by atoms with Crippen LogP contribution in [0.5, 0.6) is 0 Å². The molecule has 0 amide bonds. The lowest BCUT2D eigenvalue weighted by atomic mass is 10.0. The van der Waals surface area contributed by atoms with E-state index in [0.717, 1.165) is 18.2 Å². The molecule has 0 spiro atoms. The molecule has 0 atom stereocenters. The third-order valence-electron chi connectivity index (χ3n) is 4.92. The van der Waals surface area contributed by atoms with E-state index >= 15 is 0 Å². The van der Waals surface area contributed by atoms with E-state index in [-0.39, 0.29) is 0 Å². The second kappa shape index (κ2) is 19.4. The highest BCUT2D eigenvalue weighted by molar-refractivity contribution is 7.92. The van der Waals surface area contributed by atoms with Gasteiger partial charge in [0, 0.05) is 5.41 Å². The molecule has 2 N–H and O–H groups in total. The minimum absolute atomic E-state index is 0.578. The van der Waals surface area contributed by atoms with Crippen molar-refractivity contribution in [1.29, 1.82) is 0 Å². The van der Waals surface area contributed by atoms with Gasteiger partial charge in [-0.15, -0.1) is 0 Å². The molecule has 0 saturated carbocycles. The van der Waals surface area contributed by atoms with Crippen LogP contribution >= 0.6 is 0 Å². The molecule has 0 aliphatic heterocycles. The Bertz CT molecular complexity index is 489. The number of carbonyl (C=O) groups is 1. The number of aliphatic carboxylic acids is 1. The van der Waals surface area contributed by atoms with Crippen LogP contribution in [0.4, 0.5) is 0 Å². The predicted molar refractivity (Wildman–Crippen MR) is 118 cm³/mol. The summed E-state index contributed by atoms with van der Waals surface area (Å²) in [5.74, 6) is -1.19. The van der Waals surface area contributed by atoms with Gasteiger partial charge < -0.3 is 5.11 Å². The molecule has 6 heteroatoms. The fourth-order valence-corrected chi connectivity index (χ4v) is 4.03. The van der Waals surface area contributed by atoms with Gasteiger partial charge in [0.05, 0.1) is 0 Å². The molecule has 0 aliphatic rings. The zero-order valence-electron chi connectivity index (χ0n) is 18.0. The van der Waals surface area contributed by atoms with Crippen LogP contribution < -0.4 is 4.72 Å². The van der Waals surface area contributed by atoms with Gasteiger partial charge in [-0.1, -0.05) is 109 Å². The number of sulfonamides is 1. The maximum absolute atomic E-state index is 11.4. The SMILES string of the molecule is CCCCCCCCCCCCCCCCCC/C=C/S(=O)(=O)NCC(=O)O. The summed E-state index contributed by atoms with van der Waals surface area (Å²) in [6, 6.07) is 0. The molecule has 0 aliphatic carbocycles. The Kier molecular flexibility index (Phi) is 18.8. The van der Waals surface area contributed by atoms with Gasteiger partial charge in [0.2, 0.25) is 10.0 Å². The molecular formula is C22H43NO4S. The number of unbranched alkanes of at least 4 members (excludes halogenated alkanes) is 16. The first kappa shape index (κ1) is 27.1. The molecule has 0 aromatic heterocycles. The second-order valence-electron chi connectivity index (χ2n) is 7.72. The molecule has 0 aromatic carbocycles. The monoisotopic (exact) mass is 417 g/mol. The zero-order valence-corrected chi connectivity index (χ0v) is 18.8. The van der Waals surface area contributed by atoms with E-state index in [9.17, 15) is 13.2 Å². The molecular weight excluding hydrogens is 374 g/mol. The molecule has 0 bridgehead atoms. The van der Waals surface area contributed by atoms with E-state index in [1.54, 1.807) is 6.08 Å². The highest BCUT2D eigenvalue weighted by Gasteiger charge is 2.06. The van der Waals surface area contributed by atoms with E-state index in [1.165, 1.54) is 89.9 Å². The standard InChI is InChI=1S/C22H43NO4S/c1-2-3-4-5-6-7-8-9-10-11-12-13-14-15-16-17-18-19-20-28(26,27)23-21-22(24)25/h19-20,23H,2-18,21H2,1H3,(H,24,25)/b20-19+. The Hall–Kier alpha value is -0.880. The Balaban J connectivity index is 3.29. The Morgan fingerprint density at radius 1 is 0.750 bits per heavy atom. The zero-order chi connectivity index (χ0) is 20.9. The van der Waals surface area contributed by atoms with Crippen LogP contribution in [0.2, 0.25) is 0 Å². The fraction of sp³-hybridized carbons (Fsp3) is 0.864. The first-order valence-corrected chi connectivity index (χ1v) is 12.9. The van der Waals surface area contributed by atoms with Crippen molar-refractivity contribution in [3.63, 3.8) is 0 Å². The van der Waals surface area contributed by atoms with Gasteiger partial charge in [-0.2, -0.15) is 0 Å². The van der Waals surface area contributed by atoms with Gasteiger partial charge in [0.15, 0.2) is 0 Å². The van der Waals surface area contributed by atoms with E-state index in [4.69, 9.17) is 5.11 Å². The fourth-order valence-electron chi connectivity index (χ4n) is 3.22. The second-order valence-corrected chi connectivity index (χ2v) is 9.37. The molecule has 0 rings (SSSR count). The topological polar surface area (TPSA) is 83.5 Å². The molecule has 166 valence electrons. The Morgan fingerprint density at radius 3 is 1.54 bits per heavy atom. The van der Waals surface area contributed by atoms with Crippen molar-refractivity contribution < 1.29 is 18.3 Å². The van der Waals surface area contributed by atoms with Gasteiger partial charge in [-0.25, -0.2) is 13.1 Å². The number of nitrogens with one attached hydrogen (secondary N) is 1. The van der Waals surface area contributed by atoms with Gasteiger partial charge in [0.25, 0.3) is 0 Å². The summed E-state index contributed by atoms with van der Waals surface area (Å²) in [5.41, 5.74) is 0. The first-order valence-electron chi connectivity index (χ1n) is 11.4. The van der Waals surface area contributed by atoms with Crippen molar-refractivity contribution in [3.05, 3.63) is 11.5 Å². The lowest BCUT2D eigenvalue weighted by Gasteiger charge is -2.03. The number of carboxylic acids is 1. The smallest absolute Gasteiger partial charge is 0.318 e. The van der Waals surface area contributed by atoms with Crippen molar-refractivity contribution in [1.82, 2.24) is 4.72 Å². The molecule has 5 nitrogen and oxygen atoms in total. The van der Waals surface area contributed by atoms with Gasteiger partial charge in [-0.05, 0) is 12.8 Å². The highest BCUT2D eigenvalue weighted by Crippen LogP contribution is 2.14. The highest BCUT2D eigenvalue weighted by atomic mass is 32.2. The quantitative estimate of drug-likeness (QED) is 0.219. The summed E-state index contributed by atoms with van der Waals surface area (Å²) >= 11 is 0. The number of carboxylic acid groups (broad SMARTS) is 1. The third-order valence-corrected chi connectivity index (χ3v) is 6.02. The van der Waals surface area contributed by atoms with Crippen LogP contribution in [0, 0.1) is 0 Å². The molecule has 0 fully saturated rings. The Morgan fingerprint density at radius 2 is 1.14 bits per heavy atom. The lowest BCUT2D eigenvalue weighted by Crippen LogP contribution is -2.27. The van der Waals surface area contributed by atoms with Crippen LogP contribution in [0.15, 0.2) is 11.5 Å². The average Bonchev–Trinajstić information content (AvgIpc) is 2.65. The molecule has 0 aromatic rings. The maximum Gasteiger partial charge on any atom is 0.318 e. The number of allylic oxidation sites excluding steroid dienone is 1. The van der Waals surface area contributed by atoms with Crippen LogP contribution in [0.1, 0.15) is 116 Å². The molecule has 0 saturated heterocycles. The van der Waals surface area contributed by atoms with Crippen LogP contribution in [0.25, 0.3) is 0 Å². The lowest BCUT2D eigenvalue weighted by molar-refractivity contribution is -0.135. The van der Waals surface area contributed by atoms with Crippen molar-refractivity contribution in [3.8, 4) is 0 Å².